The number of unbranched alkanes of at least 4 members (excludes halogenated alkanes) is 1. The Morgan fingerprint density at radius 3 is 2.70 bits per heavy atom. The van der Waals surface area contributed by atoms with E-state index in [1.807, 2.05) is 0 Å². The minimum Gasteiger partial charge on any atom is -0.385 e. The van der Waals surface area contributed by atoms with Gasteiger partial charge < -0.3 is 9.62 Å². The molecule has 0 unspecified atom stereocenters. The summed E-state index contributed by atoms with van der Waals surface area (Å²) in [7, 11) is 1.60. The van der Waals surface area contributed by atoms with Gasteiger partial charge in [-0.25, -0.2) is 4.79 Å². The van der Waals surface area contributed by atoms with Crippen LogP contribution in [0.15, 0.2) is 0 Å². The molecule has 4 nitrogen and oxygen atoms in total. The normalized spacial score (nSPS) is 9.40. The van der Waals surface area contributed by atoms with Crippen molar-refractivity contribution in [1.29, 1.82) is 0 Å². The van der Waals surface area contributed by atoms with E-state index in [-0.39, 0.29) is 6.42 Å². The Labute approximate surface area is 59.7 Å². The van der Waals surface area contributed by atoms with Crippen LogP contribution in [0.1, 0.15) is 19.3 Å². The molecule has 0 aliphatic rings. The highest BCUT2D eigenvalue weighted by atomic mass is 17.1. The monoisotopic (exact) mass is 148 g/mol. The first-order valence-corrected chi connectivity index (χ1v) is 3.14. The molecular weight excluding hydrogens is 136 g/mol. The van der Waals surface area contributed by atoms with Crippen LogP contribution in [0.4, 0.5) is 0 Å². The molecule has 0 aromatic rings. The van der Waals surface area contributed by atoms with Crippen LogP contribution in [0.5, 0.6) is 0 Å². The first-order chi connectivity index (χ1) is 4.81. The summed E-state index contributed by atoms with van der Waals surface area (Å²) in [5.41, 5.74) is 0. The van der Waals surface area contributed by atoms with E-state index >= 15 is 0 Å². The maximum absolute atomic E-state index is 10.3. The van der Waals surface area contributed by atoms with Gasteiger partial charge in [0, 0.05) is 20.1 Å². The molecule has 10 heavy (non-hydrogen) atoms. The lowest BCUT2D eigenvalue weighted by Crippen LogP contribution is -2.00. The second kappa shape index (κ2) is 6.51. The minimum atomic E-state index is -0.587. The molecule has 0 bridgehead atoms. The summed E-state index contributed by atoms with van der Waals surface area (Å²) >= 11 is 0. The Bertz CT molecular complexity index is 91.7. The van der Waals surface area contributed by atoms with Gasteiger partial charge in [-0.3, -0.25) is 0 Å². The molecule has 0 aromatic heterocycles. The molecule has 0 saturated heterocycles. The maximum Gasteiger partial charge on any atom is 0.342 e. The van der Waals surface area contributed by atoms with E-state index in [4.69, 9.17) is 9.99 Å². The molecular formula is C6H12O4. The Morgan fingerprint density at radius 1 is 1.50 bits per heavy atom. The van der Waals surface area contributed by atoms with E-state index in [1.165, 1.54) is 0 Å². The molecule has 0 fully saturated rings. The molecule has 1 N–H and O–H groups in total. The van der Waals surface area contributed by atoms with E-state index in [0.717, 1.165) is 6.42 Å². The molecule has 4 heteroatoms. The van der Waals surface area contributed by atoms with Crippen LogP contribution in [0.3, 0.4) is 0 Å². The smallest absolute Gasteiger partial charge is 0.342 e. The molecule has 0 radical (unpaired) electrons. The van der Waals surface area contributed by atoms with Gasteiger partial charge in [0.2, 0.25) is 0 Å². The van der Waals surface area contributed by atoms with Crippen molar-refractivity contribution < 1.29 is 19.7 Å². The van der Waals surface area contributed by atoms with Gasteiger partial charge in [0.15, 0.2) is 0 Å². The van der Waals surface area contributed by atoms with E-state index < -0.39 is 5.97 Å². The van der Waals surface area contributed by atoms with Gasteiger partial charge in [-0.15, -0.1) is 0 Å². The molecule has 0 aromatic carbocycles. The second-order valence-corrected chi connectivity index (χ2v) is 1.91. The highest BCUT2D eigenvalue weighted by molar-refractivity contribution is 5.68. The third-order valence-corrected chi connectivity index (χ3v) is 1.08. The molecule has 0 spiro atoms. The predicted molar refractivity (Wildman–Crippen MR) is 34.4 cm³/mol. The van der Waals surface area contributed by atoms with E-state index in [1.54, 1.807) is 7.11 Å². The summed E-state index contributed by atoms with van der Waals surface area (Å²) in [6, 6.07) is 0. The maximum atomic E-state index is 10.3. The summed E-state index contributed by atoms with van der Waals surface area (Å²) in [5, 5.41) is 7.81. The predicted octanol–water partition coefficient (Wildman–Crippen LogP) is 0.819. The topological polar surface area (TPSA) is 55.8 Å². The van der Waals surface area contributed by atoms with Crippen molar-refractivity contribution in [2.24, 2.45) is 0 Å². The Hall–Kier alpha value is -0.610. The van der Waals surface area contributed by atoms with Crippen LogP contribution in [-0.4, -0.2) is 24.9 Å². The number of ether oxygens (including phenoxy) is 1. The van der Waals surface area contributed by atoms with Crippen molar-refractivity contribution >= 4 is 5.97 Å². The number of carbonyl (C=O) groups excluding carboxylic acids is 1. The second-order valence-electron chi connectivity index (χ2n) is 1.91. The van der Waals surface area contributed by atoms with Crippen molar-refractivity contribution in [3.63, 3.8) is 0 Å². The average Bonchev–Trinajstić information content (AvgIpc) is 1.98. The summed E-state index contributed by atoms with van der Waals surface area (Å²) in [6.45, 7) is 0.638. The zero-order chi connectivity index (χ0) is 7.82. The number of carbonyl (C=O) groups is 1. The lowest BCUT2D eigenvalue weighted by molar-refractivity contribution is -0.234. The zero-order valence-corrected chi connectivity index (χ0v) is 6.00. The molecule has 0 amide bonds. The Morgan fingerprint density at radius 2 is 2.20 bits per heavy atom. The van der Waals surface area contributed by atoms with Crippen molar-refractivity contribution in [3.05, 3.63) is 0 Å². The number of hydrogen-bond donors (Lipinski definition) is 1. The van der Waals surface area contributed by atoms with Gasteiger partial charge in [0.1, 0.15) is 0 Å². The van der Waals surface area contributed by atoms with Gasteiger partial charge in [-0.2, -0.15) is 5.26 Å². The third-order valence-electron chi connectivity index (χ3n) is 1.08. The summed E-state index contributed by atoms with van der Waals surface area (Å²) in [6.07, 6.45) is 1.75. The number of hydrogen-bond acceptors (Lipinski definition) is 4. The molecule has 0 heterocycles. The van der Waals surface area contributed by atoms with Gasteiger partial charge in [0.25, 0.3) is 0 Å². The number of methoxy groups -OCH3 is 1. The summed E-state index contributed by atoms with van der Waals surface area (Å²) in [4.78, 5) is 13.7. The molecule has 0 atom stereocenters. The van der Waals surface area contributed by atoms with Crippen LogP contribution >= 0.6 is 0 Å². The van der Waals surface area contributed by atoms with Crippen molar-refractivity contribution in [3.8, 4) is 0 Å². The van der Waals surface area contributed by atoms with Crippen molar-refractivity contribution in [2.45, 2.75) is 19.3 Å². The first-order valence-electron chi connectivity index (χ1n) is 3.14. The summed E-state index contributed by atoms with van der Waals surface area (Å²) < 4.78 is 4.74. The minimum absolute atomic E-state index is 0.250. The first kappa shape index (κ1) is 9.39. The van der Waals surface area contributed by atoms with Crippen LogP contribution < -0.4 is 0 Å². The molecule has 60 valence electrons. The highest BCUT2D eigenvalue weighted by Crippen LogP contribution is 1.96. The molecule has 0 rings (SSSR count). The van der Waals surface area contributed by atoms with Gasteiger partial charge in [-0.1, -0.05) is 0 Å². The van der Waals surface area contributed by atoms with Crippen molar-refractivity contribution in [2.75, 3.05) is 13.7 Å². The van der Waals surface area contributed by atoms with Crippen LogP contribution in [0.2, 0.25) is 0 Å². The van der Waals surface area contributed by atoms with Crippen molar-refractivity contribution in [1.82, 2.24) is 0 Å². The highest BCUT2D eigenvalue weighted by Gasteiger charge is 1.99. The quantitative estimate of drug-likeness (QED) is 0.356. The largest absolute Gasteiger partial charge is 0.385 e. The van der Waals surface area contributed by atoms with Crippen LogP contribution in [-0.2, 0) is 14.4 Å². The van der Waals surface area contributed by atoms with Gasteiger partial charge in [0.05, 0.1) is 0 Å². The van der Waals surface area contributed by atoms with E-state index in [2.05, 4.69) is 4.89 Å². The zero-order valence-electron chi connectivity index (χ0n) is 6.00. The lowest BCUT2D eigenvalue weighted by Gasteiger charge is -1.96. The Kier molecular flexibility index (Phi) is 6.11. The van der Waals surface area contributed by atoms with Gasteiger partial charge >= 0.3 is 5.97 Å². The van der Waals surface area contributed by atoms with E-state index in [0.29, 0.717) is 13.0 Å². The van der Waals surface area contributed by atoms with Gasteiger partial charge in [-0.05, 0) is 12.8 Å². The third kappa shape index (κ3) is 5.53. The standard InChI is InChI=1S/C6H12O4/c1-9-5-3-2-4-6(7)10-8/h8H,2-5H2,1H3. The Balaban J connectivity index is 2.96. The van der Waals surface area contributed by atoms with Crippen LogP contribution in [0.25, 0.3) is 0 Å². The fourth-order valence-electron chi connectivity index (χ4n) is 0.561. The molecule has 0 saturated carbocycles. The fraction of sp³-hybridized carbons (Fsp3) is 0.833. The fourth-order valence-corrected chi connectivity index (χ4v) is 0.561. The summed E-state index contributed by atoms with van der Waals surface area (Å²) in [5.74, 6) is -0.587. The SMILES string of the molecule is COCCCCC(=O)OO. The average molecular weight is 148 g/mol. The molecule has 0 aliphatic heterocycles. The van der Waals surface area contributed by atoms with E-state index in [9.17, 15) is 4.79 Å². The number of rotatable bonds is 5. The van der Waals surface area contributed by atoms with Crippen LogP contribution in [0, 0.1) is 0 Å². The molecule has 0 aliphatic carbocycles. The lowest BCUT2D eigenvalue weighted by atomic mass is 10.2.